The van der Waals surface area contributed by atoms with Gasteiger partial charge in [-0.15, -0.1) is 0 Å². The second-order valence-corrected chi connectivity index (χ2v) is 6.03. The number of aromatic nitrogens is 2. The maximum Gasteiger partial charge on any atom is 0.255 e. The summed E-state index contributed by atoms with van der Waals surface area (Å²) in [5.74, 6) is -0.821. The molecule has 0 atom stereocenters. The Bertz CT molecular complexity index is 1040. The highest BCUT2D eigenvalue weighted by molar-refractivity contribution is 6.05. The van der Waals surface area contributed by atoms with Gasteiger partial charge in [0.25, 0.3) is 5.91 Å². The molecular weight excluding hydrogens is 363 g/mol. The molecule has 3 aromatic rings. The number of primary amides is 1. The molecule has 0 saturated heterocycles. The fraction of sp³-hybridized carbons (Fsp3) is 0.150. The van der Waals surface area contributed by atoms with Crippen LogP contribution in [-0.4, -0.2) is 35.7 Å². The van der Waals surface area contributed by atoms with E-state index in [0.29, 0.717) is 27.9 Å². The van der Waals surface area contributed by atoms with Crippen molar-refractivity contribution in [3.05, 3.63) is 59.0 Å². The van der Waals surface area contributed by atoms with Crippen LogP contribution in [0, 0.1) is 5.82 Å². The van der Waals surface area contributed by atoms with Gasteiger partial charge in [-0.25, -0.2) is 4.39 Å². The van der Waals surface area contributed by atoms with Gasteiger partial charge in [0.2, 0.25) is 5.91 Å². The fourth-order valence-corrected chi connectivity index (χ4v) is 2.76. The van der Waals surface area contributed by atoms with E-state index in [1.807, 2.05) is 0 Å². The molecule has 3 rings (SSSR count). The molecule has 28 heavy (non-hydrogen) atoms. The van der Waals surface area contributed by atoms with Crippen LogP contribution in [0.25, 0.3) is 23.1 Å². The molecule has 0 aliphatic carbocycles. The van der Waals surface area contributed by atoms with Gasteiger partial charge in [0.1, 0.15) is 11.6 Å². The van der Waals surface area contributed by atoms with Crippen molar-refractivity contribution in [3.63, 3.8) is 0 Å². The number of rotatable bonds is 7. The molecule has 7 nitrogen and oxygen atoms in total. The zero-order chi connectivity index (χ0) is 20.1. The third-order valence-electron chi connectivity index (χ3n) is 4.12. The molecular formula is C20H19FN4O3. The van der Waals surface area contributed by atoms with Gasteiger partial charge in [0.05, 0.1) is 29.3 Å². The Labute approximate surface area is 160 Å². The lowest BCUT2D eigenvalue weighted by atomic mass is 10.1. The van der Waals surface area contributed by atoms with Crippen LogP contribution in [0.15, 0.2) is 36.4 Å². The number of fused-ring (bicyclic) bond motifs is 1. The van der Waals surface area contributed by atoms with Crippen molar-refractivity contribution in [1.29, 1.82) is 0 Å². The van der Waals surface area contributed by atoms with Crippen molar-refractivity contribution in [3.8, 4) is 5.75 Å². The van der Waals surface area contributed by atoms with E-state index in [2.05, 4.69) is 15.5 Å². The van der Waals surface area contributed by atoms with Gasteiger partial charge in [0, 0.05) is 13.0 Å². The highest BCUT2D eigenvalue weighted by atomic mass is 19.1. The summed E-state index contributed by atoms with van der Waals surface area (Å²) in [6, 6.07) is 9.38. The van der Waals surface area contributed by atoms with Gasteiger partial charge < -0.3 is 15.8 Å². The maximum absolute atomic E-state index is 13.0. The van der Waals surface area contributed by atoms with E-state index in [9.17, 15) is 14.0 Å². The van der Waals surface area contributed by atoms with E-state index in [-0.39, 0.29) is 24.7 Å². The number of aromatic amines is 1. The molecule has 144 valence electrons. The second-order valence-electron chi connectivity index (χ2n) is 6.03. The normalized spacial score (nSPS) is 11.1. The van der Waals surface area contributed by atoms with Crippen molar-refractivity contribution in [1.82, 2.24) is 15.5 Å². The Kier molecular flexibility index (Phi) is 5.69. The van der Waals surface area contributed by atoms with Crippen LogP contribution >= 0.6 is 0 Å². The van der Waals surface area contributed by atoms with Crippen LogP contribution in [0.1, 0.15) is 28.0 Å². The molecule has 0 bridgehead atoms. The number of benzene rings is 2. The third kappa shape index (κ3) is 4.17. The molecule has 0 fully saturated rings. The summed E-state index contributed by atoms with van der Waals surface area (Å²) >= 11 is 0. The van der Waals surface area contributed by atoms with Crippen LogP contribution in [0.3, 0.4) is 0 Å². The fourth-order valence-electron chi connectivity index (χ4n) is 2.76. The first kappa shape index (κ1) is 19.1. The van der Waals surface area contributed by atoms with E-state index in [1.165, 1.54) is 19.2 Å². The Morgan fingerprint density at radius 1 is 1.21 bits per heavy atom. The number of amides is 2. The Balaban J connectivity index is 1.93. The number of carbonyl (C=O) groups excluding carboxylic acids is 2. The van der Waals surface area contributed by atoms with E-state index < -0.39 is 5.91 Å². The summed E-state index contributed by atoms with van der Waals surface area (Å²) in [5, 5.41) is 10.4. The number of hydrogen-bond donors (Lipinski definition) is 3. The number of hydrogen-bond acceptors (Lipinski definition) is 4. The van der Waals surface area contributed by atoms with Crippen molar-refractivity contribution < 1.29 is 18.7 Å². The Morgan fingerprint density at radius 2 is 1.96 bits per heavy atom. The van der Waals surface area contributed by atoms with Crippen LogP contribution < -0.4 is 15.8 Å². The summed E-state index contributed by atoms with van der Waals surface area (Å²) in [4.78, 5) is 23.3. The van der Waals surface area contributed by atoms with Gasteiger partial charge in [-0.1, -0.05) is 18.2 Å². The molecule has 2 amide bonds. The first-order valence-electron chi connectivity index (χ1n) is 8.55. The molecule has 0 spiro atoms. The molecule has 0 aliphatic heterocycles. The number of carbonyl (C=O) groups is 2. The van der Waals surface area contributed by atoms with Gasteiger partial charge in [-0.2, -0.15) is 5.10 Å². The van der Waals surface area contributed by atoms with Crippen LogP contribution in [-0.2, 0) is 4.79 Å². The minimum atomic E-state index is -0.495. The SMILES string of the molecule is COc1c(C(=O)NCCC(N)=O)ccc2[nH]nc(/C=C/c3ccc(F)cc3)c12. The quantitative estimate of drug-likeness (QED) is 0.583. The summed E-state index contributed by atoms with van der Waals surface area (Å²) in [5.41, 5.74) is 7.48. The van der Waals surface area contributed by atoms with E-state index in [0.717, 1.165) is 5.56 Å². The first-order chi connectivity index (χ1) is 13.5. The molecule has 0 saturated carbocycles. The van der Waals surface area contributed by atoms with Crippen molar-refractivity contribution in [2.75, 3.05) is 13.7 Å². The standard InChI is InChI=1S/C20H19FN4O3/c1-28-19-14(20(27)23-11-10-17(22)26)7-9-16-18(19)15(24-25-16)8-4-12-2-5-13(21)6-3-12/h2-9H,10-11H2,1H3,(H2,22,26)(H,23,27)(H,24,25)/b8-4+. The van der Waals surface area contributed by atoms with Gasteiger partial charge in [-0.3, -0.25) is 14.7 Å². The number of nitrogens with one attached hydrogen (secondary N) is 2. The zero-order valence-corrected chi connectivity index (χ0v) is 15.2. The zero-order valence-electron chi connectivity index (χ0n) is 15.2. The predicted octanol–water partition coefficient (Wildman–Crippen LogP) is 2.49. The predicted molar refractivity (Wildman–Crippen MR) is 104 cm³/mol. The molecule has 4 N–H and O–H groups in total. The number of ether oxygens (including phenoxy) is 1. The third-order valence-corrected chi connectivity index (χ3v) is 4.12. The monoisotopic (exact) mass is 382 g/mol. The molecule has 1 heterocycles. The molecule has 0 unspecified atom stereocenters. The number of nitrogens with two attached hydrogens (primary N) is 1. The molecule has 0 radical (unpaired) electrons. The largest absolute Gasteiger partial charge is 0.495 e. The first-order valence-corrected chi connectivity index (χ1v) is 8.55. The number of halogens is 1. The topological polar surface area (TPSA) is 110 Å². The Morgan fingerprint density at radius 3 is 2.64 bits per heavy atom. The highest BCUT2D eigenvalue weighted by Crippen LogP contribution is 2.32. The lowest BCUT2D eigenvalue weighted by molar-refractivity contribution is -0.117. The van der Waals surface area contributed by atoms with Crippen LogP contribution in [0.4, 0.5) is 4.39 Å². The minimum Gasteiger partial charge on any atom is -0.495 e. The average Bonchev–Trinajstić information content (AvgIpc) is 3.09. The summed E-state index contributed by atoms with van der Waals surface area (Å²) in [6.45, 7) is 0.137. The molecule has 8 heteroatoms. The van der Waals surface area contributed by atoms with E-state index in [4.69, 9.17) is 10.5 Å². The highest BCUT2D eigenvalue weighted by Gasteiger charge is 2.18. The second kappa shape index (κ2) is 8.34. The Hall–Kier alpha value is -3.68. The smallest absolute Gasteiger partial charge is 0.255 e. The molecule has 0 aliphatic rings. The van der Waals surface area contributed by atoms with Gasteiger partial charge in [0.15, 0.2) is 0 Å². The summed E-state index contributed by atoms with van der Waals surface area (Å²) < 4.78 is 18.5. The van der Waals surface area contributed by atoms with Gasteiger partial charge >= 0.3 is 0 Å². The molecule has 1 aromatic heterocycles. The number of nitrogens with zero attached hydrogens (tertiary/aromatic N) is 1. The number of H-pyrrole nitrogens is 1. The van der Waals surface area contributed by atoms with Crippen LogP contribution in [0.2, 0.25) is 0 Å². The van der Waals surface area contributed by atoms with E-state index in [1.54, 1.807) is 36.4 Å². The summed E-state index contributed by atoms with van der Waals surface area (Å²) in [7, 11) is 1.47. The minimum absolute atomic E-state index is 0.0493. The summed E-state index contributed by atoms with van der Waals surface area (Å²) in [6.07, 6.45) is 3.59. The van der Waals surface area contributed by atoms with Crippen molar-refractivity contribution in [2.24, 2.45) is 5.73 Å². The lowest BCUT2D eigenvalue weighted by Gasteiger charge is -2.10. The van der Waals surface area contributed by atoms with E-state index >= 15 is 0 Å². The van der Waals surface area contributed by atoms with Crippen molar-refractivity contribution >= 4 is 34.9 Å². The van der Waals surface area contributed by atoms with Crippen molar-refractivity contribution in [2.45, 2.75) is 6.42 Å². The number of methoxy groups -OCH3 is 1. The lowest BCUT2D eigenvalue weighted by Crippen LogP contribution is -2.28. The molecule has 2 aromatic carbocycles. The van der Waals surface area contributed by atoms with Crippen LogP contribution in [0.5, 0.6) is 5.75 Å². The van der Waals surface area contributed by atoms with Gasteiger partial charge in [-0.05, 0) is 35.9 Å². The maximum atomic E-state index is 13.0. The average molecular weight is 382 g/mol.